The number of aromatic hydroxyl groups is 1. The molecule has 1 amide bonds. The van der Waals surface area contributed by atoms with Gasteiger partial charge >= 0.3 is 6.09 Å². The van der Waals surface area contributed by atoms with Gasteiger partial charge in [0.15, 0.2) is 0 Å². The molecule has 1 saturated heterocycles. The van der Waals surface area contributed by atoms with E-state index in [0.29, 0.717) is 6.54 Å². The third-order valence-corrected chi connectivity index (χ3v) is 2.24. The van der Waals surface area contributed by atoms with Gasteiger partial charge in [-0.25, -0.2) is 4.79 Å². The molecule has 0 spiro atoms. The van der Waals surface area contributed by atoms with E-state index in [0.717, 1.165) is 5.56 Å². The molecule has 0 aliphatic carbocycles. The molecule has 0 saturated carbocycles. The van der Waals surface area contributed by atoms with Crippen molar-refractivity contribution in [1.82, 2.24) is 4.90 Å². The number of amides is 1. The van der Waals surface area contributed by atoms with E-state index in [1.165, 1.54) is 4.90 Å². The largest absolute Gasteiger partial charge is 0.508 e. The summed E-state index contributed by atoms with van der Waals surface area (Å²) >= 11 is 0. The molecule has 0 aromatic heterocycles. The first-order valence-corrected chi connectivity index (χ1v) is 4.37. The zero-order chi connectivity index (χ0) is 10.1. The Bertz CT molecular complexity index is 364. The van der Waals surface area contributed by atoms with Crippen LogP contribution in [0.15, 0.2) is 24.3 Å². The van der Waals surface area contributed by atoms with Gasteiger partial charge < -0.3 is 14.7 Å². The first kappa shape index (κ1) is 8.87. The lowest BCUT2D eigenvalue weighted by molar-refractivity contribution is 0.134. The van der Waals surface area contributed by atoms with Gasteiger partial charge in [0.05, 0.1) is 6.54 Å². The predicted molar refractivity (Wildman–Crippen MR) is 50.0 cm³/mol. The molecule has 1 aromatic carbocycles. The summed E-state index contributed by atoms with van der Waals surface area (Å²) in [7, 11) is 1.69. The van der Waals surface area contributed by atoms with Gasteiger partial charge in [0.25, 0.3) is 0 Å². The van der Waals surface area contributed by atoms with Crippen LogP contribution in [0, 0.1) is 0 Å². The first-order valence-electron chi connectivity index (χ1n) is 4.37. The van der Waals surface area contributed by atoms with Crippen molar-refractivity contribution in [2.75, 3.05) is 13.6 Å². The quantitative estimate of drug-likeness (QED) is 0.735. The Hall–Kier alpha value is -1.71. The zero-order valence-corrected chi connectivity index (χ0v) is 7.80. The maximum absolute atomic E-state index is 11.1. The second-order valence-electron chi connectivity index (χ2n) is 3.35. The predicted octanol–water partition coefficient (Wildman–Crippen LogP) is 1.52. The maximum atomic E-state index is 11.1. The zero-order valence-electron chi connectivity index (χ0n) is 7.80. The summed E-state index contributed by atoms with van der Waals surface area (Å²) in [5.74, 6) is 0.188. The summed E-state index contributed by atoms with van der Waals surface area (Å²) in [6.45, 7) is 0.530. The molecule has 1 aromatic rings. The van der Waals surface area contributed by atoms with Crippen molar-refractivity contribution in [2.45, 2.75) is 6.10 Å². The fraction of sp³-hybridized carbons (Fsp3) is 0.300. The van der Waals surface area contributed by atoms with Crippen LogP contribution in [0.1, 0.15) is 11.7 Å². The molecule has 74 valence electrons. The number of nitrogens with zero attached hydrogens (tertiary/aromatic N) is 1. The Labute approximate surface area is 81.7 Å². The monoisotopic (exact) mass is 193 g/mol. The second kappa shape index (κ2) is 3.21. The van der Waals surface area contributed by atoms with Crippen LogP contribution in [-0.2, 0) is 4.74 Å². The third kappa shape index (κ3) is 1.51. The van der Waals surface area contributed by atoms with Crippen molar-refractivity contribution < 1.29 is 14.6 Å². The molecule has 0 bridgehead atoms. The Morgan fingerprint density at radius 3 is 2.93 bits per heavy atom. The summed E-state index contributed by atoms with van der Waals surface area (Å²) in [5, 5.41) is 9.25. The molecule has 1 N–H and O–H groups in total. The number of phenols is 1. The topological polar surface area (TPSA) is 49.8 Å². The first-order chi connectivity index (χ1) is 6.66. The summed E-state index contributed by atoms with van der Waals surface area (Å²) in [5.41, 5.74) is 0.822. The van der Waals surface area contributed by atoms with E-state index in [9.17, 15) is 9.90 Å². The van der Waals surface area contributed by atoms with Gasteiger partial charge in [-0.05, 0) is 17.7 Å². The Morgan fingerprint density at radius 1 is 1.57 bits per heavy atom. The number of hydrogen-bond acceptors (Lipinski definition) is 3. The molecule has 14 heavy (non-hydrogen) atoms. The van der Waals surface area contributed by atoms with Crippen LogP contribution >= 0.6 is 0 Å². The second-order valence-corrected chi connectivity index (χ2v) is 3.35. The van der Waals surface area contributed by atoms with Gasteiger partial charge in [0.2, 0.25) is 0 Å². The minimum atomic E-state index is -0.321. The number of phenolic OH excluding ortho intramolecular Hbond substituents is 1. The SMILES string of the molecule is CN1C[C@H](c2cccc(O)c2)OC1=O. The minimum absolute atomic E-state index is 0.188. The summed E-state index contributed by atoms with van der Waals surface area (Å²) in [6.07, 6.45) is -0.585. The number of hydrogen-bond donors (Lipinski definition) is 1. The lowest BCUT2D eigenvalue weighted by atomic mass is 10.1. The van der Waals surface area contributed by atoms with E-state index in [1.807, 2.05) is 6.07 Å². The van der Waals surface area contributed by atoms with Gasteiger partial charge in [-0.2, -0.15) is 0 Å². The van der Waals surface area contributed by atoms with Crippen LogP contribution < -0.4 is 0 Å². The number of carbonyl (C=O) groups is 1. The van der Waals surface area contributed by atoms with Crippen molar-refractivity contribution in [1.29, 1.82) is 0 Å². The molecule has 4 heteroatoms. The number of cyclic esters (lactones) is 1. The number of ether oxygens (including phenoxy) is 1. The van der Waals surface area contributed by atoms with E-state index in [-0.39, 0.29) is 17.9 Å². The molecule has 2 rings (SSSR count). The van der Waals surface area contributed by atoms with Gasteiger partial charge in [0.1, 0.15) is 11.9 Å². The molecule has 1 atom stereocenters. The third-order valence-electron chi connectivity index (χ3n) is 2.24. The van der Waals surface area contributed by atoms with Crippen molar-refractivity contribution in [2.24, 2.45) is 0 Å². The van der Waals surface area contributed by atoms with Crippen LogP contribution in [0.2, 0.25) is 0 Å². The molecule has 0 radical (unpaired) electrons. The van der Waals surface area contributed by atoms with E-state index in [2.05, 4.69) is 0 Å². The van der Waals surface area contributed by atoms with Gasteiger partial charge in [-0.15, -0.1) is 0 Å². The van der Waals surface area contributed by atoms with Gasteiger partial charge in [-0.3, -0.25) is 0 Å². The highest BCUT2D eigenvalue weighted by atomic mass is 16.6. The highest BCUT2D eigenvalue weighted by Crippen LogP contribution is 2.26. The van der Waals surface area contributed by atoms with Gasteiger partial charge in [-0.1, -0.05) is 12.1 Å². The molecule has 1 aliphatic rings. The number of likely N-dealkylation sites (N-methyl/N-ethyl adjacent to an activating group) is 1. The van der Waals surface area contributed by atoms with Crippen molar-refractivity contribution in [3.8, 4) is 5.75 Å². The normalized spacial score (nSPS) is 21.1. The average molecular weight is 193 g/mol. The highest BCUT2D eigenvalue weighted by Gasteiger charge is 2.29. The van der Waals surface area contributed by atoms with Crippen LogP contribution in [0.5, 0.6) is 5.75 Å². The number of benzene rings is 1. The van der Waals surface area contributed by atoms with Crippen LogP contribution in [-0.4, -0.2) is 29.7 Å². The van der Waals surface area contributed by atoms with Crippen LogP contribution in [0.25, 0.3) is 0 Å². The lowest BCUT2D eigenvalue weighted by Gasteiger charge is -2.07. The Balaban J connectivity index is 2.21. The van der Waals surface area contributed by atoms with E-state index < -0.39 is 0 Å². The average Bonchev–Trinajstić information content (AvgIpc) is 2.47. The number of rotatable bonds is 1. The van der Waals surface area contributed by atoms with E-state index >= 15 is 0 Å². The van der Waals surface area contributed by atoms with Crippen LogP contribution in [0.4, 0.5) is 4.79 Å². The summed E-state index contributed by atoms with van der Waals surface area (Å²) in [6, 6.07) is 6.76. The molecular weight excluding hydrogens is 182 g/mol. The van der Waals surface area contributed by atoms with Crippen molar-refractivity contribution in [3.05, 3.63) is 29.8 Å². The molecular formula is C10H11NO3. The maximum Gasteiger partial charge on any atom is 0.410 e. The molecule has 1 fully saturated rings. The van der Waals surface area contributed by atoms with E-state index in [1.54, 1.807) is 25.2 Å². The van der Waals surface area contributed by atoms with Crippen LogP contribution in [0.3, 0.4) is 0 Å². The minimum Gasteiger partial charge on any atom is -0.508 e. The van der Waals surface area contributed by atoms with Gasteiger partial charge in [0, 0.05) is 7.05 Å². The van der Waals surface area contributed by atoms with Crippen molar-refractivity contribution in [3.63, 3.8) is 0 Å². The fourth-order valence-corrected chi connectivity index (χ4v) is 1.47. The Morgan fingerprint density at radius 2 is 2.36 bits per heavy atom. The highest BCUT2D eigenvalue weighted by molar-refractivity contribution is 5.69. The molecule has 1 aliphatic heterocycles. The summed E-state index contributed by atoms with van der Waals surface area (Å²) < 4.78 is 5.09. The standard InChI is InChI=1S/C10H11NO3/c1-11-6-9(14-10(11)13)7-3-2-4-8(12)5-7/h2-5,9,12H,6H2,1H3/t9-/m1/s1. The molecule has 4 nitrogen and oxygen atoms in total. The molecule has 0 unspecified atom stereocenters. The summed E-state index contributed by atoms with van der Waals surface area (Å²) in [4.78, 5) is 12.6. The smallest absolute Gasteiger partial charge is 0.410 e. The van der Waals surface area contributed by atoms with Crippen molar-refractivity contribution >= 4 is 6.09 Å². The van der Waals surface area contributed by atoms with E-state index in [4.69, 9.17) is 4.74 Å². The fourth-order valence-electron chi connectivity index (χ4n) is 1.47. The molecule has 1 heterocycles. The number of carbonyl (C=O) groups excluding carboxylic acids is 1. The lowest BCUT2D eigenvalue weighted by Crippen LogP contribution is -2.17. The Kier molecular flexibility index (Phi) is 2.04.